The highest BCUT2D eigenvalue weighted by Gasteiger charge is 2.14. The largest absolute Gasteiger partial charge is 0.493 e. The predicted molar refractivity (Wildman–Crippen MR) is 113 cm³/mol. The molecular weight excluding hydrogens is 364 g/mol. The van der Waals surface area contributed by atoms with Gasteiger partial charge in [0.2, 0.25) is 0 Å². The van der Waals surface area contributed by atoms with Crippen LogP contribution in [0.1, 0.15) is 5.56 Å². The predicted octanol–water partition coefficient (Wildman–Crippen LogP) is 4.50. The lowest BCUT2D eigenvalue weighted by Gasteiger charge is -2.08. The van der Waals surface area contributed by atoms with Gasteiger partial charge in [0.25, 0.3) is 0 Å². The number of para-hydroxylation sites is 1. The topological polar surface area (TPSA) is 53.4 Å². The highest BCUT2D eigenvalue weighted by Crippen LogP contribution is 2.30. The molecule has 0 aliphatic carbocycles. The molecule has 0 atom stereocenters. The number of ether oxygens (including phenoxy) is 2. The van der Waals surface area contributed by atoms with Crippen LogP contribution in [0.3, 0.4) is 0 Å². The second kappa shape index (κ2) is 8.61. The molecule has 0 aliphatic heterocycles. The molecule has 0 N–H and O–H groups in total. The number of methoxy groups -OCH3 is 1. The summed E-state index contributed by atoms with van der Waals surface area (Å²) in [4.78, 5) is 11.8. The molecule has 0 fully saturated rings. The number of benzene rings is 3. The Hall–Kier alpha value is -3.60. The van der Waals surface area contributed by atoms with E-state index in [-0.39, 0.29) is 12.5 Å². The van der Waals surface area contributed by atoms with Crippen molar-refractivity contribution in [2.45, 2.75) is 13.0 Å². The summed E-state index contributed by atoms with van der Waals surface area (Å²) in [7, 11) is 1.38. The molecule has 0 radical (unpaired) electrons. The fraction of sp³-hybridized carbons (Fsp3) is 0.167. The van der Waals surface area contributed by atoms with Gasteiger partial charge >= 0.3 is 5.97 Å². The average Bonchev–Trinajstić information content (AvgIpc) is 3.13. The first-order valence-electron chi connectivity index (χ1n) is 9.54. The molecule has 146 valence electrons. The number of nitrogens with zero attached hydrogens (tertiary/aromatic N) is 2. The normalized spacial score (nSPS) is 10.8. The van der Waals surface area contributed by atoms with Crippen LogP contribution in [-0.4, -0.2) is 29.5 Å². The van der Waals surface area contributed by atoms with E-state index in [0.29, 0.717) is 6.61 Å². The van der Waals surface area contributed by atoms with Gasteiger partial charge in [-0.2, -0.15) is 5.10 Å². The number of carbonyl (C=O) groups is 1. The summed E-state index contributed by atoms with van der Waals surface area (Å²) < 4.78 is 12.4. The van der Waals surface area contributed by atoms with Gasteiger partial charge < -0.3 is 9.47 Å². The Morgan fingerprint density at radius 1 is 0.966 bits per heavy atom. The molecule has 5 nitrogen and oxygen atoms in total. The van der Waals surface area contributed by atoms with Gasteiger partial charge in [0.1, 0.15) is 18.0 Å². The minimum Gasteiger partial charge on any atom is -0.493 e. The molecule has 1 heterocycles. The second-order valence-electron chi connectivity index (χ2n) is 6.71. The van der Waals surface area contributed by atoms with Gasteiger partial charge in [0, 0.05) is 17.4 Å². The molecule has 29 heavy (non-hydrogen) atoms. The second-order valence-corrected chi connectivity index (χ2v) is 6.71. The lowest BCUT2D eigenvalue weighted by molar-refractivity contribution is -0.141. The number of rotatable bonds is 7. The molecule has 0 saturated heterocycles. The average molecular weight is 386 g/mol. The van der Waals surface area contributed by atoms with E-state index in [4.69, 9.17) is 9.47 Å². The summed E-state index contributed by atoms with van der Waals surface area (Å²) in [5.41, 5.74) is 3.90. The van der Waals surface area contributed by atoms with Crippen LogP contribution in [0.2, 0.25) is 0 Å². The van der Waals surface area contributed by atoms with Crippen LogP contribution in [0.5, 0.6) is 5.75 Å². The molecule has 4 rings (SSSR count). The van der Waals surface area contributed by atoms with Crippen LogP contribution < -0.4 is 4.74 Å². The third-order valence-corrected chi connectivity index (χ3v) is 4.77. The smallest absolute Gasteiger partial charge is 0.327 e. The van der Waals surface area contributed by atoms with E-state index >= 15 is 0 Å². The zero-order valence-corrected chi connectivity index (χ0v) is 16.2. The Labute approximate surface area is 169 Å². The van der Waals surface area contributed by atoms with Crippen molar-refractivity contribution in [2.75, 3.05) is 13.7 Å². The Balaban J connectivity index is 1.57. The SMILES string of the molecule is COC(=O)Cn1nc(-c2cccc(OCCc3ccccc3)c2)c2ccccc21. The van der Waals surface area contributed by atoms with Gasteiger partial charge in [0.05, 0.1) is 19.2 Å². The van der Waals surface area contributed by atoms with Gasteiger partial charge in [-0.05, 0) is 23.8 Å². The molecule has 0 bridgehead atoms. The highest BCUT2D eigenvalue weighted by atomic mass is 16.5. The Morgan fingerprint density at radius 3 is 2.59 bits per heavy atom. The van der Waals surface area contributed by atoms with Crippen molar-refractivity contribution in [3.63, 3.8) is 0 Å². The minimum absolute atomic E-state index is 0.0737. The lowest BCUT2D eigenvalue weighted by atomic mass is 10.1. The third-order valence-electron chi connectivity index (χ3n) is 4.77. The van der Waals surface area contributed by atoms with Gasteiger partial charge in [-0.3, -0.25) is 9.48 Å². The number of hydrogen-bond acceptors (Lipinski definition) is 4. The molecule has 0 unspecified atom stereocenters. The van der Waals surface area contributed by atoms with E-state index in [2.05, 4.69) is 17.2 Å². The molecular formula is C24H22N2O3. The maximum absolute atomic E-state index is 11.8. The van der Waals surface area contributed by atoms with E-state index < -0.39 is 0 Å². The van der Waals surface area contributed by atoms with Crippen LogP contribution in [0.25, 0.3) is 22.2 Å². The fourth-order valence-corrected chi connectivity index (χ4v) is 3.31. The van der Waals surface area contributed by atoms with Crippen molar-refractivity contribution in [1.82, 2.24) is 9.78 Å². The Kier molecular flexibility index (Phi) is 5.56. The van der Waals surface area contributed by atoms with Crippen molar-refractivity contribution in [2.24, 2.45) is 0 Å². The molecule has 0 aliphatic rings. The number of esters is 1. The van der Waals surface area contributed by atoms with Gasteiger partial charge in [-0.1, -0.05) is 60.7 Å². The van der Waals surface area contributed by atoms with Gasteiger partial charge in [0.15, 0.2) is 0 Å². The Bertz CT molecular complexity index is 1120. The molecule has 0 spiro atoms. The van der Waals surface area contributed by atoms with Crippen molar-refractivity contribution in [3.8, 4) is 17.0 Å². The summed E-state index contributed by atoms with van der Waals surface area (Å²) in [6.07, 6.45) is 0.849. The highest BCUT2D eigenvalue weighted by molar-refractivity contribution is 5.94. The van der Waals surface area contributed by atoms with E-state index in [9.17, 15) is 4.79 Å². The number of carbonyl (C=O) groups excluding carboxylic acids is 1. The van der Waals surface area contributed by atoms with Crippen LogP contribution >= 0.6 is 0 Å². The van der Waals surface area contributed by atoms with Crippen molar-refractivity contribution < 1.29 is 14.3 Å². The van der Waals surface area contributed by atoms with Crippen molar-refractivity contribution in [1.29, 1.82) is 0 Å². The fourth-order valence-electron chi connectivity index (χ4n) is 3.31. The van der Waals surface area contributed by atoms with Crippen LogP contribution in [0.15, 0.2) is 78.9 Å². The molecule has 0 amide bonds. The zero-order valence-electron chi connectivity index (χ0n) is 16.2. The van der Waals surface area contributed by atoms with Gasteiger partial charge in [-0.25, -0.2) is 0 Å². The minimum atomic E-state index is -0.331. The van der Waals surface area contributed by atoms with Crippen LogP contribution in [-0.2, 0) is 22.5 Å². The quantitative estimate of drug-likeness (QED) is 0.439. The maximum Gasteiger partial charge on any atom is 0.327 e. The first-order valence-corrected chi connectivity index (χ1v) is 9.54. The maximum atomic E-state index is 11.8. The summed E-state index contributed by atoms with van der Waals surface area (Å²) in [6, 6.07) is 26.0. The van der Waals surface area contributed by atoms with Crippen molar-refractivity contribution >= 4 is 16.9 Å². The first-order chi connectivity index (χ1) is 14.2. The van der Waals surface area contributed by atoms with Gasteiger partial charge in [-0.15, -0.1) is 0 Å². The van der Waals surface area contributed by atoms with Crippen LogP contribution in [0.4, 0.5) is 0 Å². The van der Waals surface area contributed by atoms with E-state index in [1.54, 1.807) is 4.68 Å². The standard InChI is InChI=1S/C24H22N2O3/c1-28-23(27)17-26-22-13-6-5-12-21(22)24(25-26)19-10-7-11-20(16-19)29-15-14-18-8-3-2-4-9-18/h2-13,16H,14-15,17H2,1H3. The summed E-state index contributed by atoms with van der Waals surface area (Å²) in [5.74, 6) is 0.466. The molecule has 5 heteroatoms. The van der Waals surface area contributed by atoms with E-state index in [1.807, 2.05) is 66.7 Å². The summed E-state index contributed by atoms with van der Waals surface area (Å²) >= 11 is 0. The Morgan fingerprint density at radius 2 is 1.76 bits per heavy atom. The number of aromatic nitrogens is 2. The monoisotopic (exact) mass is 386 g/mol. The van der Waals surface area contributed by atoms with E-state index in [0.717, 1.165) is 34.3 Å². The van der Waals surface area contributed by atoms with E-state index in [1.165, 1.54) is 12.7 Å². The zero-order chi connectivity index (χ0) is 20.1. The number of fused-ring (bicyclic) bond motifs is 1. The molecule has 0 saturated carbocycles. The van der Waals surface area contributed by atoms with Crippen LogP contribution in [0, 0.1) is 0 Å². The lowest BCUT2D eigenvalue weighted by Crippen LogP contribution is -2.12. The summed E-state index contributed by atoms with van der Waals surface area (Å²) in [5, 5.41) is 5.66. The number of hydrogen-bond donors (Lipinski definition) is 0. The summed E-state index contributed by atoms with van der Waals surface area (Å²) in [6.45, 7) is 0.676. The molecule has 4 aromatic rings. The van der Waals surface area contributed by atoms with Crippen molar-refractivity contribution in [3.05, 3.63) is 84.4 Å². The molecule has 1 aromatic heterocycles. The first kappa shape index (κ1) is 18.7. The third kappa shape index (κ3) is 4.29. The molecule has 3 aromatic carbocycles.